The number of hydrogen-bond donors (Lipinski definition) is 1. The third kappa shape index (κ3) is 4.26. The van der Waals surface area contributed by atoms with Gasteiger partial charge in [0.05, 0.1) is 12.3 Å². The van der Waals surface area contributed by atoms with Gasteiger partial charge in [-0.25, -0.2) is 0 Å². The molecule has 3 nitrogen and oxygen atoms in total. The highest BCUT2D eigenvalue weighted by Crippen LogP contribution is 2.19. The third-order valence-corrected chi connectivity index (χ3v) is 3.54. The van der Waals surface area contributed by atoms with Crippen LogP contribution in [0.4, 0.5) is 0 Å². The van der Waals surface area contributed by atoms with Crippen LogP contribution >= 0.6 is 11.8 Å². The van der Waals surface area contributed by atoms with Crippen LogP contribution in [0, 0.1) is 5.92 Å². The second kappa shape index (κ2) is 6.18. The number of aliphatic hydroxyl groups excluding tert-OH is 1. The first-order valence-electron chi connectivity index (χ1n) is 5.41. The van der Waals surface area contributed by atoms with E-state index >= 15 is 0 Å². The van der Waals surface area contributed by atoms with Crippen LogP contribution in [0.1, 0.15) is 32.4 Å². The molecule has 1 N–H and O–H groups in total. The van der Waals surface area contributed by atoms with Crippen LogP contribution in [-0.2, 0) is 6.54 Å². The number of aromatic nitrogens is 2. The first kappa shape index (κ1) is 12.6. The van der Waals surface area contributed by atoms with E-state index in [0.29, 0.717) is 5.92 Å². The van der Waals surface area contributed by atoms with E-state index in [1.807, 2.05) is 17.8 Å². The van der Waals surface area contributed by atoms with Gasteiger partial charge in [-0.1, -0.05) is 13.8 Å². The Morgan fingerprint density at radius 2 is 2.20 bits per heavy atom. The monoisotopic (exact) mass is 228 g/mol. The van der Waals surface area contributed by atoms with E-state index in [-0.39, 0.29) is 6.10 Å². The molecule has 0 aliphatic rings. The fourth-order valence-electron chi connectivity index (χ4n) is 1.24. The molecule has 0 aliphatic carbocycles. The molecule has 1 unspecified atom stereocenters. The van der Waals surface area contributed by atoms with Gasteiger partial charge in [-0.15, -0.1) is 0 Å². The van der Waals surface area contributed by atoms with Crippen molar-refractivity contribution in [3.63, 3.8) is 0 Å². The summed E-state index contributed by atoms with van der Waals surface area (Å²) in [4.78, 5) is 0. The molecular weight excluding hydrogens is 208 g/mol. The van der Waals surface area contributed by atoms with Gasteiger partial charge < -0.3 is 5.11 Å². The zero-order chi connectivity index (χ0) is 11.3. The van der Waals surface area contributed by atoms with Gasteiger partial charge >= 0.3 is 0 Å². The Hall–Kier alpha value is -0.480. The average molecular weight is 228 g/mol. The number of hydrogen-bond acceptors (Lipinski definition) is 3. The zero-order valence-corrected chi connectivity index (χ0v) is 10.5. The largest absolute Gasteiger partial charge is 0.387 e. The predicted octanol–water partition coefficient (Wildman–Crippen LogP) is 2.33. The number of aryl methyl sites for hydroxylation is 1. The van der Waals surface area contributed by atoms with E-state index in [1.165, 1.54) is 0 Å². The minimum Gasteiger partial charge on any atom is -0.387 e. The summed E-state index contributed by atoms with van der Waals surface area (Å²) in [6.45, 7) is 7.27. The molecule has 4 heteroatoms. The molecule has 86 valence electrons. The summed E-state index contributed by atoms with van der Waals surface area (Å²) in [6, 6.07) is 0. The molecule has 0 amide bonds. The summed E-state index contributed by atoms with van der Waals surface area (Å²) >= 11 is 1.79. The van der Waals surface area contributed by atoms with Gasteiger partial charge in [-0.05, 0) is 18.6 Å². The summed E-state index contributed by atoms with van der Waals surface area (Å²) in [5.74, 6) is 2.53. The molecule has 0 bridgehead atoms. The maximum absolute atomic E-state index is 9.87. The molecule has 0 aliphatic heterocycles. The number of rotatable bonds is 6. The van der Waals surface area contributed by atoms with Gasteiger partial charge in [0.25, 0.3) is 0 Å². The zero-order valence-electron chi connectivity index (χ0n) is 9.68. The molecule has 15 heavy (non-hydrogen) atoms. The molecule has 1 heterocycles. The Morgan fingerprint density at radius 1 is 1.47 bits per heavy atom. The van der Waals surface area contributed by atoms with Crippen molar-refractivity contribution in [2.75, 3.05) is 11.5 Å². The van der Waals surface area contributed by atoms with Crippen LogP contribution < -0.4 is 0 Å². The van der Waals surface area contributed by atoms with Crippen molar-refractivity contribution in [1.29, 1.82) is 0 Å². The molecule has 0 saturated heterocycles. The minimum absolute atomic E-state index is 0.381. The van der Waals surface area contributed by atoms with Crippen LogP contribution in [0.5, 0.6) is 0 Å². The average Bonchev–Trinajstić information content (AvgIpc) is 2.65. The standard InChI is InChI=1S/C11H20N2OS/c1-4-13-6-10(5-12-13)11(14)8-15-7-9(2)3/h5-6,9,11,14H,4,7-8H2,1-3H3. The van der Waals surface area contributed by atoms with E-state index in [1.54, 1.807) is 18.0 Å². The van der Waals surface area contributed by atoms with Crippen LogP contribution in [0.2, 0.25) is 0 Å². The molecule has 1 aromatic rings. The van der Waals surface area contributed by atoms with Crippen molar-refractivity contribution in [3.05, 3.63) is 18.0 Å². The Bertz CT molecular complexity index is 286. The topological polar surface area (TPSA) is 38.0 Å². The molecule has 1 rings (SSSR count). The molecule has 0 aromatic carbocycles. The third-order valence-electron chi connectivity index (χ3n) is 2.09. The SMILES string of the molecule is CCn1cc(C(O)CSCC(C)C)cn1. The highest BCUT2D eigenvalue weighted by atomic mass is 32.2. The van der Waals surface area contributed by atoms with E-state index < -0.39 is 0 Å². The Kier molecular flexibility index (Phi) is 5.19. The lowest BCUT2D eigenvalue weighted by atomic mass is 10.2. The maximum Gasteiger partial charge on any atom is 0.0910 e. The first-order valence-corrected chi connectivity index (χ1v) is 6.57. The summed E-state index contributed by atoms with van der Waals surface area (Å²) < 4.78 is 1.84. The quantitative estimate of drug-likeness (QED) is 0.812. The molecule has 0 spiro atoms. The van der Waals surface area contributed by atoms with Crippen molar-refractivity contribution < 1.29 is 5.11 Å². The van der Waals surface area contributed by atoms with Crippen molar-refractivity contribution in [1.82, 2.24) is 9.78 Å². The van der Waals surface area contributed by atoms with Gasteiger partial charge in [0, 0.05) is 24.1 Å². The van der Waals surface area contributed by atoms with E-state index in [9.17, 15) is 5.11 Å². The molecule has 0 saturated carbocycles. The van der Waals surface area contributed by atoms with Crippen molar-refractivity contribution in [2.45, 2.75) is 33.4 Å². The maximum atomic E-state index is 9.87. The Labute approximate surface area is 95.9 Å². The molecule has 1 atom stereocenters. The second-order valence-corrected chi connectivity index (χ2v) is 5.15. The molecule has 0 radical (unpaired) electrons. The van der Waals surface area contributed by atoms with Crippen LogP contribution in [0.15, 0.2) is 12.4 Å². The second-order valence-electron chi connectivity index (χ2n) is 4.08. The fourth-order valence-corrected chi connectivity index (χ4v) is 2.26. The Balaban J connectivity index is 2.36. The fraction of sp³-hybridized carbons (Fsp3) is 0.727. The normalized spacial score (nSPS) is 13.4. The van der Waals surface area contributed by atoms with E-state index in [0.717, 1.165) is 23.6 Å². The van der Waals surface area contributed by atoms with Crippen LogP contribution in [-0.4, -0.2) is 26.4 Å². The summed E-state index contributed by atoms with van der Waals surface area (Å²) in [5, 5.41) is 14.0. The summed E-state index contributed by atoms with van der Waals surface area (Å²) in [6.07, 6.45) is 3.29. The van der Waals surface area contributed by atoms with E-state index in [4.69, 9.17) is 0 Å². The van der Waals surface area contributed by atoms with Gasteiger partial charge in [-0.2, -0.15) is 16.9 Å². The van der Waals surface area contributed by atoms with Crippen molar-refractivity contribution in [2.24, 2.45) is 5.92 Å². The lowest BCUT2D eigenvalue weighted by Crippen LogP contribution is -2.02. The van der Waals surface area contributed by atoms with Crippen LogP contribution in [0.25, 0.3) is 0 Å². The highest BCUT2D eigenvalue weighted by molar-refractivity contribution is 7.99. The molecule has 0 fully saturated rings. The minimum atomic E-state index is -0.381. The molecule has 1 aromatic heterocycles. The predicted molar refractivity (Wildman–Crippen MR) is 65.0 cm³/mol. The lowest BCUT2D eigenvalue weighted by Gasteiger charge is -2.09. The Morgan fingerprint density at radius 3 is 2.73 bits per heavy atom. The van der Waals surface area contributed by atoms with Crippen molar-refractivity contribution >= 4 is 11.8 Å². The van der Waals surface area contributed by atoms with Gasteiger partial charge in [0.2, 0.25) is 0 Å². The summed E-state index contributed by atoms with van der Waals surface area (Å²) in [5.41, 5.74) is 0.924. The molecular formula is C11H20N2OS. The van der Waals surface area contributed by atoms with E-state index in [2.05, 4.69) is 18.9 Å². The lowest BCUT2D eigenvalue weighted by molar-refractivity contribution is 0.204. The number of nitrogens with zero attached hydrogens (tertiary/aromatic N) is 2. The van der Waals surface area contributed by atoms with Gasteiger partial charge in [0.1, 0.15) is 0 Å². The van der Waals surface area contributed by atoms with Gasteiger partial charge in [0.15, 0.2) is 0 Å². The number of aliphatic hydroxyl groups is 1. The first-order chi connectivity index (χ1) is 7.13. The summed E-state index contributed by atoms with van der Waals surface area (Å²) in [7, 11) is 0. The van der Waals surface area contributed by atoms with Gasteiger partial charge in [-0.3, -0.25) is 4.68 Å². The highest BCUT2D eigenvalue weighted by Gasteiger charge is 2.10. The van der Waals surface area contributed by atoms with Crippen LogP contribution in [0.3, 0.4) is 0 Å². The number of thioether (sulfide) groups is 1. The smallest absolute Gasteiger partial charge is 0.0910 e. The van der Waals surface area contributed by atoms with Crippen molar-refractivity contribution in [3.8, 4) is 0 Å².